The molecule has 2 aromatic heterocycles. The van der Waals surface area contributed by atoms with Gasteiger partial charge in [-0.15, -0.1) is 12.4 Å². The molecule has 0 aliphatic carbocycles. The first-order valence-corrected chi connectivity index (χ1v) is 8.18. The number of benzene rings is 1. The fraction of sp³-hybridized carbons (Fsp3) is 0.353. The van der Waals surface area contributed by atoms with E-state index in [4.69, 9.17) is 0 Å². The fourth-order valence-corrected chi connectivity index (χ4v) is 3.18. The van der Waals surface area contributed by atoms with Gasteiger partial charge < -0.3 is 10.2 Å². The Labute approximate surface area is 151 Å². The van der Waals surface area contributed by atoms with E-state index in [1.165, 1.54) is 0 Å². The van der Waals surface area contributed by atoms with E-state index in [0.29, 0.717) is 5.82 Å². The number of aromatic nitrogens is 4. The van der Waals surface area contributed by atoms with Crippen molar-refractivity contribution in [3.05, 3.63) is 30.5 Å². The number of likely N-dealkylation sites (tertiary alicyclic amines) is 1. The predicted octanol–water partition coefficient (Wildman–Crippen LogP) is 2.66. The van der Waals surface area contributed by atoms with E-state index < -0.39 is 0 Å². The summed E-state index contributed by atoms with van der Waals surface area (Å²) >= 11 is 0. The van der Waals surface area contributed by atoms with Crippen LogP contribution in [0.25, 0.3) is 22.2 Å². The third kappa shape index (κ3) is 3.52. The highest BCUT2D eigenvalue weighted by Crippen LogP contribution is 2.27. The number of nitrogens with one attached hydrogen (secondary N) is 3. The predicted molar refractivity (Wildman–Crippen MR) is 99.8 cm³/mol. The highest BCUT2D eigenvalue weighted by atomic mass is 35.5. The van der Waals surface area contributed by atoms with Crippen LogP contribution in [0.15, 0.2) is 30.5 Å². The smallest absolute Gasteiger partial charge is 0.228 e. The maximum absolute atomic E-state index is 12.5. The molecule has 0 bridgehead atoms. The molecule has 4 rings (SSSR count). The highest BCUT2D eigenvalue weighted by Gasteiger charge is 2.24. The zero-order valence-corrected chi connectivity index (χ0v) is 14.8. The van der Waals surface area contributed by atoms with E-state index in [1.54, 1.807) is 6.20 Å². The number of rotatable bonds is 3. The summed E-state index contributed by atoms with van der Waals surface area (Å²) < 4.78 is 0. The van der Waals surface area contributed by atoms with E-state index in [9.17, 15) is 4.79 Å². The molecule has 8 heteroatoms. The van der Waals surface area contributed by atoms with E-state index in [1.807, 2.05) is 24.3 Å². The Hall–Kier alpha value is -2.38. The second-order valence-corrected chi connectivity index (χ2v) is 6.37. The standard InChI is InChI=1S/C17H20N6O.ClH/c1-23-8-5-11(6-9-23)17(24)19-16-13-10-12(14-4-7-18-20-14)2-3-15(13)21-22-16;/h2-4,7,10-11H,5-6,8-9H2,1H3,(H,18,20)(H2,19,21,22,24);1H. The molecule has 1 aliphatic rings. The molecule has 1 amide bonds. The average molecular weight is 361 g/mol. The van der Waals surface area contributed by atoms with Gasteiger partial charge in [0.1, 0.15) is 0 Å². The minimum absolute atomic E-state index is 0. The topological polar surface area (TPSA) is 89.7 Å². The van der Waals surface area contributed by atoms with E-state index >= 15 is 0 Å². The molecule has 0 radical (unpaired) electrons. The lowest BCUT2D eigenvalue weighted by Crippen LogP contribution is -2.36. The number of fused-ring (bicyclic) bond motifs is 1. The molecule has 1 aromatic carbocycles. The zero-order chi connectivity index (χ0) is 16.5. The number of aromatic amines is 2. The van der Waals surface area contributed by atoms with Crippen LogP contribution in [0.1, 0.15) is 12.8 Å². The second kappa shape index (κ2) is 7.25. The van der Waals surface area contributed by atoms with Gasteiger partial charge in [0.25, 0.3) is 0 Å². The Morgan fingerprint density at radius 3 is 2.76 bits per heavy atom. The summed E-state index contributed by atoms with van der Waals surface area (Å²) in [6.45, 7) is 1.92. The number of H-pyrrole nitrogens is 2. The number of nitrogens with zero attached hydrogens (tertiary/aromatic N) is 3. The molecule has 0 spiro atoms. The second-order valence-electron chi connectivity index (χ2n) is 6.37. The molecule has 0 atom stereocenters. The number of amides is 1. The molecular weight excluding hydrogens is 340 g/mol. The summed E-state index contributed by atoms with van der Waals surface area (Å²) in [6.07, 6.45) is 3.51. The van der Waals surface area contributed by atoms with Gasteiger partial charge in [-0.1, -0.05) is 6.07 Å². The van der Waals surface area contributed by atoms with Crippen LogP contribution in [0.4, 0.5) is 5.82 Å². The lowest BCUT2D eigenvalue weighted by atomic mass is 9.96. The van der Waals surface area contributed by atoms with Crippen molar-refractivity contribution >= 4 is 35.0 Å². The minimum atomic E-state index is 0. The Balaban J connectivity index is 0.00000182. The summed E-state index contributed by atoms with van der Waals surface area (Å²) in [5.74, 6) is 0.711. The van der Waals surface area contributed by atoms with Gasteiger partial charge in [0.15, 0.2) is 5.82 Å². The third-order valence-corrected chi connectivity index (χ3v) is 4.71. The fourth-order valence-electron chi connectivity index (χ4n) is 3.18. The Bertz CT molecular complexity index is 851. The number of anilines is 1. The van der Waals surface area contributed by atoms with E-state index in [-0.39, 0.29) is 24.2 Å². The number of halogens is 1. The summed E-state index contributed by atoms with van der Waals surface area (Å²) in [6, 6.07) is 7.88. The monoisotopic (exact) mass is 360 g/mol. The first-order valence-electron chi connectivity index (χ1n) is 8.18. The first kappa shape index (κ1) is 17.4. The molecule has 3 aromatic rings. The van der Waals surface area contributed by atoms with Crippen LogP contribution >= 0.6 is 12.4 Å². The van der Waals surface area contributed by atoms with Gasteiger partial charge >= 0.3 is 0 Å². The highest BCUT2D eigenvalue weighted by molar-refractivity contribution is 6.01. The molecule has 0 unspecified atom stereocenters. The van der Waals surface area contributed by atoms with Crippen molar-refractivity contribution < 1.29 is 4.79 Å². The van der Waals surface area contributed by atoms with Gasteiger partial charge in [0.2, 0.25) is 5.91 Å². The summed E-state index contributed by atoms with van der Waals surface area (Å²) in [5.41, 5.74) is 2.85. The molecule has 3 N–H and O–H groups in total. The van der Waals surface area contributed by atoms with Crippen molar-refractivity contribution in [1.82, 2.24) is 25.3 Å². The largest absolute Gasteiger partial charge is 0.308 e. The van der Waals surface area contributed by atoms with Crippen LogP contribution in [0.3, 0.4) is 0 Å². The molecule has 1 aliphatic heterocycles. The number of carbonyl (C=O) groups is 1. The quantitative estimate of drug-likeness (QED) is 0.669. The van der Waals surface area contributed by atoms with Crippen LogP contribution in [-0.2, 0) is 4.79 Å². The number of piperidine rings is 1. The van der Waals surface area contributed by atoms with Crippen molar-refractivity contribution in [3.8, 4) is 11.3 Å². The van der Waals surface area contributed by atoms with Gasteiger partial charge in [-0.05, 0) is 51.2 Å². The Morgan fingerprint density at radius 1 is 1.24 bits per heavy atom. The molecule has 25 heavy (non-hydrogen) atoms. The maximum Gasteiger partial charge on any atom is 0.228 e. The maximum atomic E-state index is 12.5. The lowest BCUT2D eigenvalue weighted by molar-refractivity contribution is -0.121. The van der Waals surface area contributed by atoms with Crippen molar-refractivity contribution in [1.29, 1.82) is 0 Å². The lowest BCUT2D eigenvalue weighted by Gasteiger charge is -2.27. The minimum Gasteiger partial charge on any atom is -0.308 e. The van der Waals surface area contributed by atoms with Gasteiger partial charge in [-0.2, -0.15) is 10.2 Å². The van der Waals surface area contributed by atoms with Crippen molar-refractivity contribution in [2.75, 3.05) is 25.5 Å². The number of hydrogen-bond acceptors (Lipinski definition) is 4. The van der Waals surface area contributed by atoms with Crippen LogP contribution in [-0.4, -0.2) is 51.3 Å². The molecule has 1 fully saturated rings. The third-order valence-electron chi connectivity index (χ3n) is 4.71. The van der Waals surface area contributed by atoms with Gasteiger partial charge in [-0.25, -0.2) is 0 Å². The number of hydrogen-bond donors (Lipinski definition) is 3. The van der Waals surface area contributed by atoms with Gasteiger partial charge in [-0.3, -0.25) is 15.0 Å². The van der Waals surface area contributed by atoms with Crippen LogP contribution < -0.4 is 5.32 Å². The molecule has 1 saturated heterocycles. The molecule has 3 heterocycles. The zero-order valence-electron chi connectivity index (χ0n) is 14.0. The van der Waals surface area contributed by atoms with E-state index in [0.717, 1.165) is 48.1 Å². The van der Waals surface area contributed by atoms with Gasteiger partial charge in [0, 0.05) is 23.1 Å². The van der Waals surface area contributed by atoms with Crippen molar-refractivity contribution in [3.63, 3.8) is 0 Å². The number of carbonyl (C=O) groups excluding carboxylic acids is 1. The Kier molecular flexibility index (Phi) is 5.06. The van der Waals surface area contributed by atoms with Crippen molar-refractivity contribution in [2.45, 2.75) is 12.8 Å². The Morgan fingerprint density at radius 2 is 2.04 bits per heavy atom. The summed E-state index contributed by atoms with van der Waals surface area (Å²) in [7, 11) is 2.09. The van der Waals surface area contributed by atoms with Gasteiger partial charge in [0.05, 0.1) is 11.2 Å². The molecule has 7 nitrogen and oxygen atoms in total. The molecule has 132 valence electrons. The van der Waals surface area contributed by atoms with E-state index in [2.05, 4.69) is 37.7 Å². The van der Waals surface area contributed by atoms with Crippen LogP contribution in [0, 0.1) is 5.92 Å². The normalized spacial score (nSPS) is 15.9. The van der Waals surface area contributed by atoms with Crippen LogP contribution in [0.5, 0.6) is 0 Å². The summed E-state index contributed by atoms with van der Waals surface area (Å²) in [5, 5.41) is 18.1. The van der Waals surface area contributed by atoms with Crippen LogP contribution in [0.2, 0.25) is 0 Å². The SMILES string of the molecule is CN1CCC(C(=O)Nc2n[nH]c3ccc(-c4ccn[nH]4)cc23)CC1.Cl. The van der Waals surface area contributed by atoms with Crippen molar-refractivity contribution in [2.24, 2.45) is 5.92 Å². The summed E-state index contributed by atoms with van der Waals surface area (Å²) in [4.78, 5) is 14.8. The average Bonchev–Trinajstić information content (AvgIpc) is 3.25. The molecule has 0 saturated carbocycles. The molecular formula is C17H21ClN6O. The first-order chi connectivity index (χ1) is 11.7.